The number of unbranched alkanes of at least 4 members (excludes halogenated alkanes) is 2. The predicted octanol–water partition coefficient (Wildman–Crippen LogP) is 5.90. The van der Waals surface area contributed by atoms with Crippen LogP contribution in [0.2, 0.25) is 5.02 Å². The number of aryl methyl sites for hydroxylation is 1. The zero-order valence-corrected chi connectivity index (χ0v) is 23.8. The SMILES string of the molecule is CCCc1cc(Cl)ccc1C1COc2ccc(C(O)CO)cc2N(CCCC/C=C/CCN(C)C(C)=O)C1. The third-order valence-electron chi connectivity index (χ3n) is 7.21. The molecule has 1 amide bonds. The molecule has 0 aromatic heterocycles. The molecule has 1 aliphatic rings. The minimum atomic E-state index is -0.916. The molecule has 0 aliphatic carbocycles. The number of anilines is 1. The van der Waals surface area contributed by atoms with Crippen molar-refractivity contribution in [2.45, 2.75) is 64.4 Å². The molecule has 6 nitrogen and oxygen atoms in total. The van der Waals surface area contributed by atoms with Crippen molar-refractivity contribution >= 4 is 23.2 Å². The molecule has 2 aromatic rings. The molecule has 0 fully saturated rings. The number of allylic oxidation sites excluding steroid dienone is 1. The molecule has 0 saturated heterocycles. The summed E-state index contributed by atoms with van der Waals surface area (Å²) in [4.78, 5) is 15.4. The summed E-state index contributed by atoms with van der Waals surface area (Å²) >= 11 is 6.34. The van der Waals surface area contributed by atoms with Gasteiger partial charge in [-0.05, 0) is 73.1 Å². The first kappa shape index (κ1) is 30.0. The molecule has 0 spiro atoms. The number of hydrogen-bond donors (Lipinski definition) is 2. The van der Waals surface area contributed by atoms with Gasteiger partial charge >= 0.3 is 0 Å². The molecule has 208 valence electrons. The smallest absolute Gasteiger partial charge is 0.219 e. The lowest BCUT2D eigenvalue weighted by molar-refractivity contribution is -0.127. The van der Waals surface area contributed by atoms with Crippen molar-refractivity contribution < 1.29 is 19.7 Å². The quantitative estimate of drug-likeness (QED) is 0.244. The summed E-state index contributed by atoms with van der Waals surface area (Å²) in [5.41, 5.74) is 4.21. The average molecular weight is 543 g/mol. The standard InChI is InChI=1S/C31H43ClN2O4/c1-4-11-24-18-27(32)13-14-28(24)26-20-34(17-10-8-6-5-7-9-16-33(3)23(2)36)29-19-25(30(37)21-35)12-15-31(29)38-22-26/h5,7,12-15,18-19,26,30,35,37H,4,6,8-11,16-17,20-22H2,1-3H3/b7-5+. The van der Waals surface area contributed by atoms with E-state index in [0.29, 0.717) is 12.2 Å². The van der Waals surface area contributed by atoms with E-state index in [9.17, 15) is 15.0 Å². The second-order valence-corrected chi connectivity index (χ2v) is 10.6. The Labute approximate surface area is 232 Å². The van der Waals surface area contributed by atoms with Crippen molar-refractivity contribution in [3.05, 3.63) is 70.3 Å². The van der Waals surface area contributed by atoms with Crippen molar-refractivity contribution in [2.24, 2.45) is 0 Å². The van der Waals surface area contributed by atoms with Gasteiger partial charge in [0, 0.05) is 44.5 Å². The molecule has 1 aliphatic heterocycles. The third kappa shape index (κ3) is 8.48. The third-order valence-corrected chi connectivity index (χ3v) is 7.45. The lowest BCUT2D eigenvalue weighted by Crippen LogP contribution is -2.30. The van der Waals surface area contributed by atoms with Gasteiger partial charge in [-0.15, -0.1) is 0 Å². The van der Waals surface area contributed by atoms with E-state index in [-0.39, 0.29) is 18.4 Å². The van der Waals surface area contributed by atoms with E-state index in [1.807, 2.05) is 31.3 Å². The number of rotatable bonds is 13. The molecule has 2 unspecified atom stereocenters. The minimum absolute atomic E-state index is 0.0912. The number of ether oxygens (including phenoxy) is 1. The Kier molecular flexibility index (Phi) is 12.0. The molecule has 3 rings (SSSR count). The van der Waals surface area contributed by atoms with Crippen LogP contribution in [0.5, 0.6) is 5.75 Å². The molecular formula is C31H43ClN2O4. The average Bonchev–Trinajstić information content (AvgIpc) is 3.09. The molecule has 2 aromatic carbocycles. The molecule has 2 atom stereocenters. The molecule has 0 bridgehead atoms. The summed E-state index contributed by atoms with van der Waals surface area (Å²) in [7, 11) is 1.83. The number of aliphatic hydroxyl groups excluding tert-OH is 2. The first-order chi connectivity index (χ1) is 18.3. The van der Waals surface area contributed by atoms with Crippen molar-refractivity contribution in [1.82, 2.24) is 4.90 Å². The normalized spacial score (nSPS) is 16.2. The van der Waals surface area contributed by atoms with E-state index in [2.05, 4.69) is 36.1 Å². The van der Waals surface area contributed by atoms with Crippen LogP contribution >= 0.6 is 11.6 Å². The molecule has 0 radical (unpaired) electrons. The van der Waals surface area contributed by atoms with E-state index in [0.717, 1.165) is 74.6 Å². The maximum atomic E-state index is 11.3. The van der Waals surface area contributed by atoms with E-state index in [4.69, 9.17) is 16.3 Å². The van der Waals surface area contributed by atoms with Crippen molar-refractivity contribution in [3.63, 3.8) is 0 Å². The highest BCUT2D eigenvalue weighted by molar-refractivity contribution is 6.30. The minimum Gasteiger partial charge on any atom is -0.491 e. The van der Waals surface area contributed by atoms with Crippen molar-refractivity contribution in [2.75, 3.05) is 44.8 Å². The highest BCUT2D eigenvalue weighted by Crippen LogP contribution is 2.38. The van der Waals surface area contributed by atoms with Gasteiger partial charge in [0.25, 0.3) is 0 Å². The molecule has 38 heavy (non-hydrogen) atoms. The summed E-state index contributed by atoms with van der Waals surface area (Å²) in [5, 5.41) is 20.5. The maximum Gasteiger partial charge on any atom is 0.219 e. The fourth-order valence-corrected chi connectivity index (χ4v) is 5.10. The Hall–Kier alpha value is -2.54. The fourth-order valence-electron chi connectivity index (χ4n) is 4.91. The first-order valence-corrected chi connectivity index (χ1v) is 14.2. The second-order valence-electron chi connectivity index (χ2n) is 10.2. The Balaban J connectivity index is 1.72. The van der Waals surface area contributed by atoms with Crippen LogP contribution in [-0.2, 0) is 11.2 Å². The summed E-state index contributed by atoms with van der Waals surface area (Å²) in [6.07, 6.45) is 9.39. The number of benzene rings is 2. The second kappa shape index (κ2) is 15.2. The Morgan fingerprint density at radius 2 is 2.00 bits per heavy atom. The molecule has 2 N–H and O–H groups in total. The van der Waals surface area contributed by atoms with Crippen LogP contribution in [-0.4, -0.2) is 60.9 Å². The van der Waals surface area contributed by atoms with Crippen molar-refractivity contribution in [3.8, 4) is 5.75 Å². The Bertz CT molecular complexity index is 1070. The van der Waals surface area contributed by atoms with Crippen LogP contribution in [0.3, 0.4) is 0 Å². The van der Waals surface area contributed by atoms with Crippen LogP contribution < -0.4 is 9.64 Å². The monoisotopic (exact) mass is 542 g/mol. The molecular weight excluding hydrogens is 500 g/mol. The highest BCUT2D eigenvalue weighted by Gasteiger charge is 2.26. The van der Waals surface area contributed by atoms with Gasteiger partial charge < -0.3 is 24.7 Å². The van der Waals surface area contributed by atoms with Gasteiger partial charge in [-0.3, -0.25) is 4.79 Å². The summed E-state index contributed by atoms with van der Waals surface area (Å²) in [6.45, 7) is 6.43. The van der Waals surface area contributed by atoms with Crippen LogP contribution in [0.25, 0.3) is 0 Å². The Morgan fingerprint density at radius 1 is 1.21 bits per heavy atom. The predicted molar refractivity (Wildman–Crippen MR) is 155 cm³/mol. The van der Waals surface area contributed by atoms with Gasteiger partial charge in [0.1, 0.15) is 11.9 Å². The number of amides is 1. The van der Waals surface area contributed by atoms with E-state index >= 15 is 0 Å². The first-order valence-electron chi connectivity index (χ1n) is 13.8. The van der Waals surface area contributed by atoms with Gasteiger partial charge in [0.15, 0.2) is 0 Å². The number of nitrogens with zero attached hydrogens (tertiary/aromatic N) is 2. The molecule has 0 saturated carbocycles. The topological polar surface area (TPSA) is 73.2 Å². The fraction of sp³-hybridized carbons (Fsp3) is 0.516. The van der Waals surface area contributed by atoms with Gasteiger partial charge in [-0.1, -0.05) is 49.2 Å². The summed E-state index contributed by atoms with van der Waals surface area (Å²) in [6, 6.07) is 11.9. The van der Waals surface area contributed by atoms with Gasteiger partial charge in [-0.25, -0.2) is 0 Å². The van der Waals surface area contributed by atoms with Crippen LogP contribution in [0, 0.1) is 0 Å². The number of aliphatic hydroxyl groups is 2. The number of carbonyl (C=O) groups is 1. The van der Waals surface area contributed by atoms with E-state index in [1.54, 1.807) is 11.8 Å². The van der Waals surface area contributed by atoms with Gasteiger partial charge in [0.05, 0.1) is 18.9 Å². The van der Waals surface area contributed by atoms with Crippen LogP contribution in [0.4, 0.5) is 5.69 Å². The zero-order chi connectivity index (χ0) is 27.5. The lowest BCUT2D eigenvalue weighted by atomic mass is 9.92. The van der Waals surface area contributed by atoms with Gasteiger partial charge in [-0.2, -0.15) is 0 Å². The highest BCUT2D eigenvalue weighted by atomic mass is 35.5. The van der Waals surface area contributed by atoms with Crippen molar-refractivity contribution in [1.29, 1.82) is 0 Å². The largest absolute Gasteiger partial charge is 0.491 e. The summed E-state index contributed by atoms with van der Waals surface area (Å²) in [5.74, 6) is 1.08. The van der Waals surface area contributed by atoms with E-state index < -0.39 is 6.10 Å². The van der Waals surface area contributed by atoms with Gasteiger partial charge in [0.2, 0.25) is 5.91 Å². The Morgan fingerprint density at radius 3 is 2.74 bits per heavy atom. The molecule has 1 heterocycles. The van der Waals surface area contributed by atoms with E-state index in [1.165, 1.54) is 11.1 Å². The number of carbonyl (C=O) groups excluding carboxylic acids is 1. The molecule has 7 heteroatoms. The van der Waals surface area contributed by atoms with Crippen LogP contribution in [0.15, 0.2) is 48.6 Å². The number of hydrogen-bond acceptors (Lipinski definition) is 5. The maximum absolute atomic E-state index is 11.3. The number of halogens is 1. The van der Waals surface area contributed by atoms with Crippen LogP contribution in [0.1, 0.15) is 74.7 Å². The summed E-state index contributed by atoms with van der Waals surface area (Å²) < 4.78 is 6.33. The lowest BCUT2D eigenvalue weighted by Gasteiger charge is -2.28. The number of fused-ring (bicyclic) bond motifs is 1. The zero-order valence-electron chi connectivity index (χ0n) is 23.0.